The number of imide groups is 1. The van der Waals surface area contributed by atoms with E-state index in [0.717, 1.165) is 23.1 Å². The first-order valence-corrected chi connectivity index (χ1v) is 7.41. The van der Waals surface area contributed by atoms with E-state index in [1.807, 2.05) is 0 Å². The standard InChI is InChI=1S/C16H10N4O7/c1-18-15(22)11-3-2-4-12(13(11)16(18)23)17-14(21)8-5-9(19(24)25)7-10(6-8)20(26)27/h2-7H,1H3,(H,17,21). The van der Waals surface area contributed by atoms with Crippen molar-refractivity contribution in [2.75, 3.05) is 12.4 Å². The van der Waals surface area contributed by atoms with E-state index in [0.29, 0.717) is 0 Å². The Kier molecular flexibility index (Phi) is 4.12. The molecular weight excluding hydrogens is 360 g/mol. The molecule has 0 spiro atoms. The highest BCUT2D eigenvalue weighted by atomic mass is 16.6. The molecule has 0 aromatic heterocycles. The van der Waals surface area contributed by atoms with Gasteiger partial charge in [-0.1, -0.05) is 6.07 Å². The van der Waals surface area contributed by atoms with E-state index in [4.69, 9.17) is 0 Å². The zero-order chi connectivity index (χ0) is 19.9. The van der Waals surface area contributed by atoms with Crippen LogP contribution in [0.1, 0.15) is 31.1 Å². The number of anilines is 1. The number of carbonyl (C=O) groups is 3. The summed E-state index contributed by atoms with van der Waals surface area (Å²) in [6.07, 6.45) is 0. The van der Waals surface area contributed by atoms with Crippen LogP contribution in [0.15, 0.2) is 36.4 Å². The molecule has 27 heavy (non-hydrogen) atoms. The van der Waals surface area contributed by atoms with Gasteiger partial charge in [-0.05, 0) is 12.1 Å². The minimum Gasteiger partial charge on any atom is -0.321 e. The number of nitrogens with one attached hydrogen (secondary N) is 1. The molecule has 1 N–H and O–H groups in total. The van der Waals surface area contributed by atoms with Gasteiger partial charge in [0.15, 0.2) is 0 Å². The van der Waals surface area contributed by atoms with Crippen LogP contribution in [0.25, 0.3) is 0 Å². The van der Waals surface area contributed by atoms with Crippen LogP contribution in [0.2, 0.25) is 0 Å². The summed E-state index contributed by atoms with van der Waals surface area (Å²) in [5.74, 6) is -2.04. The number of non-ortho nitro benzene ring substituents is 2. The quantitative estimate of drug-likeness (QED) is 0.490. The first-order chi connectivity index (χ1) is 12.7. The summed E-state index contributed by atoms with van der Waals surface area (Å²) in [5.41, 5.74) is -1.48. The molecule has 3 amide bonds. The molecule has 1 aliphatic heterocycles. The van der Waals surface area contributed by atoms with E-state index in [9.17, 15) is 34.6 Å². The number of carbonyl (C=O) groups excluding carboxylic acids is 3. The van der Waals surface area contributed by atoms with Crippen LogP contribution in [0, 0.1) is 20.2 Å². The second kappa shape index (κ2) is 6.29. The molecule has 0 atom stereocenters. The summed E-state index contributed by atoms with van der Waals surface area (Å²) in [7, 11) is 1.29. The molecular formula is C16H10N4O7. The van der Waals surface area contributed by atoms with Crippen molar-refractivity contribution in [2.24, 2.45) is 0 Å². The first-order valence-electron chi connectivity index (χ1n) is 7.41. The molecule has 2 aromatic carbocycles. The van der Waals surface area contributed by atoms with E-state index >= 15 is 0 Å². The number of fused-ring (bicyclic) bond motifs is 1. The average molecular weight is 370 g/mol. The molecule has 0 unspecified atom stereocenters. The SMILES string of the molecule is CN1C(=O)c2cccc(NC(=O)c3cc([N+](=O)[O-])cc([N+](=O)[O-])c3)c2C1=O. The second-order valence-corrected chi connectivity index (χ2v) is 5.60. The van der Waals surface area contributed by atoms with Crippen LogP contribution >= 0.6 is 0 Å². The molecule has 0 fully saturated rings. The number of nitro groups is 2. The number of benzene rings is 2. The predicted molar refractivity (Wildman–Crippen MR) is 90.6 cm³/mol. The predicted octanol–water partition coefficient (Wildman–Crippen LogP) is 1.98. The fourth-order valence-electron chi connectivity index (χ4n) is 2.64. The first kappa shape index (κ1) is 17.7. The van der Waals surface area contributed by atoms with E-state index < -0.39 is 38.9 Å². The van der Waals surface area contributed by atoms with Gasteiger partial charge in [-0.2, -0.15) is 0 Å². The lowest BCUT2D eigenvalue weighted by Crippen LogP contribution is -2.24. The van der Waals surface area contributed by atoms with Gasteiger partial charge in [-0.15, -0.1) is 0 Å². The number of amides is 3. The second-order valence-electron chi connectivity index (χ2n) is 5.60. The number of hydrogen-bond donors (Lipinski definition) is 1. The molecule has 11 nitrogen and oxygen atoms in total. The third-order valence-electron chi connectivity index (χ3n) is 3.95. The summed E-state index contributed by atoms with van der Waals surface area (Å²) in [4.78, 5) is 57.7. The van der Waals surface area contributed by atoms with Crippen LogP contribution in [0.3, 0.4) is 0 Å². The maximum atomic E-state index is 12.5. The third-order valence-corrected chi connectivity index (χ3v) is 3.95. The topological polar surface area (TPSA) is 153 Å². The van der Waals surface area contributed by atoms with E-state index in [2.05, 4.69) is 5.32 Å². The van der Waals surface area contributed by atoms with Crippen molar-refractivity contribution in [3.63, 3.8) is 0 Å². The van der Waals surface area contributed by atoms with Crippen molar-refractivity contribution >= 4 is 34.8 Å². The maximum absolute atomic E-state index is 12.5. The van der Waals surface area contributed by atoms with E-state index in [-0.39, 0.29) is 22.4 Å². The Hall–Kier alpha value is -4.15. The minimum atomic E-state index is -0.898. The van der Waals surface area contributed by atoms with Crippen LogP contribution in [-0.2, 0) is 0 Å². The lowest BCUT2D eigenvalue weighted by atomic mass is 10.1. The zero-order valence-corrected chi connectivity index (χ0v) is 13.7. The fraction of sp³-hybridized carbons (Fsp3) is 0.0625. The van der Waals surface area contributed by atoms with Crippen LogP contribution < -0.4 is 5.32 Å². The van der Waals surface area contributed by atoms with Gasteiger partial charge < -0.3 is 5.32 Å². The Labute approximate surface area is 150 Å². The van der Waals surface area contributed by atoms with Gasteiger partial charge in [0.1, 0.15) is 0 Å². The van der Waals surface area contributed by atoms with Crippen molar-refractivity contribution in [1.82, 2.24) is 4.90 Å². The molecule has 0 saturated carbocycles. The Bertz CT molecular complexity index is 1010. The number of hydrogen-bond acceptors (Lipinski definition) is 7. The number of nitro benzene ring substituents is 2. The van der Waals surface area contributed by atoms with Crippen LogP contribution in [0.5, 0.6) is 0 Å². The number of nitrogens with zero attached hydrogens (tertiary/aromatic N) is 3. The van der Waals surface area contributed by atoms with Gasteiger partial charge in [0.05, 0.1) is 38.3 Å². The summed E-state index contributed by atoms with van der Waals surface area (Å²) in [6.45, 7) is 0. The Morgan fingerprint density at radius 3 is 2.15 bits per heavy atom. The molecule has 3 rings (SSSR count). The van der Waals surface area contributed by atoms with Gasteiger partial charge in [0.25, 0.3) is 29.1 Å². The van der Waals surface area contributed by atoms with E-state index in [1.54, 1.807) is 0 Å². The summed E-state index contributed by atoms with van der Waals surface area (Å²) in [5, 5.41) is 24.3. The fourth-order valence-corrected chi connectivity index (χ4v) is 2.64. The maximum Gasteiger partial charge on any atom is 0.277 e. The average Bonchev–Trinajstić information content (AvgIpc) is 2.86. The number of rotatable bonds is 4. The monoisotopic (exact) mass is 370 g/mol. The Morgan fingerprint density at radius 2 is 1.59 bits per heavy atom. The van der Waals surface area contributed by atoms with Gasteiger partial charge in [-0.3, -0.25) is 39.5 Å². The highest BCUT2D eigenvalue weighted by Gasteiger charge is 2.35. The Morgan fingerprint density at radius 1 is 1.00 bits per heavy atom. The molecule has 11 heteroatoms. The smallest absolute Gasteiger partial charge is 0.277 e. The third kappa shape index (κ3) is 2.97. The van der Waals surface area contributed by atoms with Crippen LogP contribution in [0.4, 0.5) is 17.1 Å². The summed E-state index contributed by atoms with van der Waals surface area (Å²) >= 11 is 0. The normalized spacial score (nSPS) is 12.7. The van der Waals surface area contributed by atoms with E-state index in [1.165, 1.54) is 25.2 Å². The van der Waals surface area contributed by atoms with Crippen molar-refractivity contribution in [2.45, 2.75) is 0 Å². The molecule has 0 aliphatic carbocycles. The summed E-state index contributed by atoms with van der Waals surface area (Å²) in [6, 6.07) is 6.75. The van der Waals surface area contributed by atoms with Gasteiger partial charge in [0.2, 0.25) is 0 Å². The Balaban J connectivity index is 2.01. The van der Waals surface area contributed by atoms with Crippen molar-refractivity contribution in [3.05, 3.63) is 73.3 Å². The molecule has 0 radical (unpaired) electrons. The molecule has 2 aromatic rings. The van der Waals surface area contributed by atoms with Crippen molar-refractivity contribution < 1.29 is 24.2 Å². The molecule has 0 saturated heterocycles. The largest absolute Gasteiger partial charge is 0.321 e. The van der Waals surface area contributed by atoms with Gasteiger partial charge in [0, 0.05) is 19.2 Å². The van der Waals surface area contributed by atoms with Crippen molar-refractivity contribution in [3.8, 4) is 0 Å². The molecule has 1 aliphatic rings. The zero-order valence-electron chi connectivity index (χ0n) is 13.7. The highest BCUT2D eigenvalue weighted by molar-refractivity contribution is 6.24. The minimum absolute atomic E-state index is 0.0155. The van der Waals surface area contributed by atoms with Crippen LogP contribution in [-0.4, -0.2) is 39.5 Å². The highest BCUT2D eigenvalue weighted by Crippen LogP contribution is 2.29. The lowest BCUT2D eigenvalue weighted by molar-refractivity contribution is -0.394. The lowest BCUT2D eigenvalue weighted by Gasteiger charge is -2.09. The van der Waals surface area contributed by atoms with Gasteiger partial charge in [-0.25, -0.2) is 0 Å². The summed E-state index contributed by atoms with van der Waals surface area (Å²) < 4.78 is 0. The molecule has 0 bridgehead atoms. The van der Waals surface area contributed by atoms with Crippen molar-refractivity contribution in [1.29, 1.82) is 0 Å². The van der Waals surface area contributed by atoms with Gasteiger partial charge >= 0.3 is 0 Å². The molecule has 136 valence electrons. The molecule has 1 heterocycles.